The number of carbonyl (C=O) groups is 1. The molecule has 0 heterocycles. The van der Waals surface area contributed by atoms with Crippen LogP contribution in [0.25, 0.3) is 6.08 Å². The standard InChI is InChI=1S/C11H9Cl2FOS/c1-7(15)16-4-2-3-8-5-9(12)11(13)10(14)6-8/h2-3,5-6H,4H2,1H3. The van der Waals surface area contributed by atoms with Crippen molar-refractivity contribution in [3.63, 3.8) is 0 Å². The highest BCUT2D eigenvalue weighted by Crippen LogP contribution is 2.26. The molecule has 0 fully saturated rings. The van der Waals surface area contributed by atoms with Crippen LogP contribution < -0.4 is 0 Å². The summed E-state index contributed by atoms with van der Waals surface area (Å²) in [5.74, 6) is 0.00466. The molecule has 1 aromatic rings. The molecule has 0 saturated carbocycles. The first-order chi connectivity index (χ1) is 7.50. The van der Waals surface area contributed by atoms with E-state index in [0.717, 1.165) is 0 Å². The van der Waals surface area contributed by atoms with Crippen molar-refractivity contribution in [3.05, 3.63) is 39.6 Å². The Balaban J connectivity index is 2.71. The van der Waals surface area contributed by atoms with Crippen molar-refractivity contribution < 1.29 is 9.18 Å². The number of rotatable bonds is 3. The molecule has 0 aromatic heterocycles. The van der Waals surface area contributed by atoms with Crippen LogP contribution in [0.5, 0.6) is 0 Å². The van der Waals surface area contributed by atoms with Gasteiger partial charge in [0.2, 0.25) is 0 Å². The van der Waals surface area contributed by atoms with Gasteiger partial charge in [-0.15, -0.1) is 0 Å². The van der Waals surface area contributed by atoms with Gasteiger partial charge in [0.05, 0.1) is 10.0 Å². The Morgan fingerprint density at radius 2 is 2.19 bits per heavy atom. The molecule has 0 saturated heterocycles. The Morgan fingerprint density at radius 1 is 1.50 bits per heavy atom. The lowest BCUT2D eigenvalue weighted by Gasteiger charge is -1.99. The van der Waals surface area contributed by atoms with E-state index in [-0.39, 0.29) is 15.2 Å². The number of thioether (sulfide) groups is 1. The van der Waals surface area contributed by atoms with Gasteiger partial charge >= 0.3 is 0 Å². The van der Waals surface area contributed by atoms with E-state index in [1.165, 1.54) is 24.8 Å². The van der Waals surface area contributed by atoms with E-state index in [9.17, 15) is 9.18 Å². The van der Waals surface area contributed by atoms with Crippen molar-refractivity contribution in [1.29, 1.82) is 0 Å². The van der Waals surface area contributed by atoms with Gasteiger partial charge in [0.1, 0.15) is 5.82 Å². The Labute approximate surface area is 108 Å². The van der Waals surface area contributed by atoms with Gasteiger partial charge in [-0.1, -0.05) is 47.1 Å². The molecule has 5 heteroatoms. The highest BCUT2D eigenvalue weighted by atomic mass is 35.5. The molecular formula is C11H9Cl2FOS. The molecule has 1 nitrogen and oxygen atoms in total. The minimum Gasteiger partial charge on any atom is -0.288 e. The number of carbonyl (C=O) groups excluding carboxylic acids is 1. The normalized spacial score (nSPS) is 11.0. The van der Waals surface area contributed by atoms with Gasteiger partial charge < -0.3 is 0 Å². The molecule has 0 spiro atoms. The van der Waals surface area contributed by atoms with Crippen molar-refractivity contribution in [2.24, 2.45) is 0 Å². The van der Waals surface area contributed by atoms with Crippen LogP contribution in [0.2, 0.25) is 10.0 Å². The van der Waals surface area contributed by atoms with Crippen molar-refractivity contribution >= 4 is 46.2 Å². The third kappa shape index (κ3) is 4.16. The van der Waals surface area contributed by atoms with Crippen LogP contribution in [0.15, 0.2) is 18.2 Å². The zero-order valence-electron chi connectivity index (χ0n) is 8.47. The fourth-order valence-electron chi connectivity index (χ4n) is 1.02. The third-order valence-corrected chi connectivity index (χ3v) is 3.24. The molecule has 0 unspecified atom stereocenters. The van der Waals surface area contributed by atoms with Crippen molar-refractivity contribution in [2.45, 2.75) is 6.92 Å². The van der Waals surface area contributed by atoms with Crippen LogP contribution >= 0.6 is 35.0 Å². The maximum atomic E-state index is 13.2. The van der Waals surface area contributed by atoms with Gasteiger partial charge in [-0.25, -0.2) is 4.39 Å². The topological polar surface area (TPSA) is 17.1 Å². The zero-order valence-corrected chi connectivity index (χ0v) is 10.8. The largest absolute Gasteiger partial charge is 0.288 e. The molecule has 0 radical (unpaired) electrons. The van der Waals surface area contributed by atoms with E-state index in [4.69, 9.17) is 23.2 Å². The lowest BCUT2D eigenvalue weighted by Crippen LogP contribution is -1.83. The quantitative estimate of drug-likeness (QED) is 0.761. The Hall–Kier alpha value is -0.510. The summed E-state index contributed by atoms with van der Waals surface area (Å²) in [7, 11) is 0. The molecular weight excluding hydrogens is 270 g/mol. The summed E-state index contributed by atoms with van der Waals surface area (Å²) in [5.41, 5.74) is 0.621. The summed E-state index contributed by atoms with van der Waals surface area (Å²) in [6, 6.07) is 2.87. The highest BCUT2D eigenvalue weighted by Gasteiger charge is 2.05. The van der Waals surface area contributed by atoms with Crippen LogP contribution in [-0.4, -0.2) is 10.9 Å². The molecule has 1 aromatic carbocycles. The Bertz CT molecular complexity index is 409. The summed E-state index contributed by atoms with van der Waals surface area (Å²) < 4.78 is 13.2. The Kier molecular flexibility index (Phi) is 5.32. The third-order valence-electron chi connectivity index (χ3n) is 1.70. The van der Waals surface area contributed by atoms with E-state index < -0.39 is 5.82 Å². The molecule has 86 valence electrons. The second kappa shape index (κ2) is 6.28. The summed E-state index contributed by atoms with van der Waals surface area (Å²) in [5, 5.41) is 0.155. The van der Waals surface area contributed by atoms with E-state index >= 15 is 0 Å². The van der Waals surface area contributed by atoms with Crippen molar-refractivity contribution in [2.75, 3.05) is 5.75 Å². The highest BCUT2D eigenvalue weighted by molar-refractivity contribution is 8.13. The monoisotopic (exact) mass is 278 g/mol. The number of hydrogen-bond acceptors (Lipinski definition) is 2. The predicted octanol–water partition coefficient (Wildman–Crippen LogP) is 4.43. The fourth-order valence-corrected chi connectivity index (χ4v) is 1.77. The Morgan fingerprint density at radius 3 is 2.75 bits per heavy atom. The van der Waals surface area contributed by atoms with Crippen LogP contribution in [0.4, 0.5) is 4.39 Å². The zero-order chi connectivity index (χ0) is 12.1. The van der Waals surface area contributed by atoms with Crippen LogP contribution in [0.3, 0.4) is 0 Å². The minimum atomic E-state index is -0.548. The van der Waals surface area contributed by atoms with Gasteiger partial charge in [0, 0.05) is 12.7 Å². The van der Waals surface area contributed by atoms with Gasteiger partial charge in [0.15, 0.2) is 5.12 Å². The fraction of sp³-hybridized carbons (Fsp3) is 0.182. The lowest BCUT2D eigenvalue weighted by atomic mass is 10.2. The molecule has 0 bridgehead atoms. The van der Waals surface area contributed by atoms with E-state index in [1.807, 2.05) is 0 Å². The van der Waals surface area contributed by atoms with E-state index in [1.54, 1.807) is 18.2 Å². The summed E-state index contributed by atoms with van der Waals surface area (Å²) in [6.07, 6.45) is 3.46. The number of halogens is 3. The van der Waals surface area contributed by atoms with Crippen molar-refractivity contribution in [1.82, 2.24) is 0 Å². The number of benzene rings is 1. The first-order valence-corrected chi connectivity index (χ1v) is 6.19. The average Bonchev–Trinajstić information content (AvgIpc) is 2.20. The molecule has 0 N–H and O–H groups in total. The average molecular weight is 279 g/mol. The maximum Gasteiger partial charge on any atom is 0.186 e. The van der Waals surface area contributed by atoms with Crippen molar-refractivity contribution in [3.8, 4) is 0 Å². The molecule has 16 heavy (non-hydrogen) atoms. The van der Waals surface area contributed by atoms with E-state index in [2.05, 4.69) is 0 Å². The summed E-state index contributed by atoms with van der Waals surface area (Å²) >= 11 is 12.5. The van der Waals surface area contributed by atoms with Crippen LogP contribution in [0, 0.1) is 5.82 Å². The first kappa shape index (κ1) is 13.6. The van der Waals surface area contributed by atoms with Gasteiger partial charge in [0.25, 0.3) is 0 Å². The predicted molar refractivity (Wildman–Crippen MR) is 68.6 cm³/mol. The smallest absolute Gasteiger partial charge is 0.186 e. The minimum absolute atomic E-state index is 0.0463. The van der Waals surface area contributed by atoms with Crippen LogP contribution in [-0.2, 0) is 4.79 Å². The molecule has 0 aliphatic heterocycles. The second-order valence-corrected chi connectivity index (χ2v) is 4.99. The second-order valence-electron chi connectivity index (χ2n) is 3.00. The molecule has 0 atom stereocenters. The van der Waals surface area contributed by atoms with Gasteiger partial charge in [-0.05, 0) is 17.7 Å². The molecule has 1 rings (SSSR count). The van der Waals surface area contributed by atoms with E-state index in [0.29, 0.717) is 11.3 Å². The summed E-state index contributed by atoms with van der Waals surface area (Å²) in [6.45, 7) is 1.50. The molecule has 0 amide bonds. The lowest BCUT2D eigenvalue weighted by molar-refractivity contribution is -0.109. The maximum absolute atomic E-state index is 13.2. The SMILES string of the molecule is CC(=O)SCC=Cc1cc(F)c(Cl)c(Cl)c1. The number of hydrogen-bond donors (Lipinski definition) is 0. The molecule has 0 aliphatic rings. The molecule has 0 aliphatic carbocycles. The van der Waals surface area contributed by atoms with Gasteiger partial charge in [-0.2, -0.15) is 0 Å². The first-order valence-electron chi connectivity index (χ1n) is 4.45. The summed E-state index contributed by atoms with van der Waals surface area (Å²) in [4.78, 5) is 10.6. The van der Waals surface area contributed by atoms with Gasteiger partial charge in [-0.3, -0.25) is 4.79 Å². The van der Waals surface area contributed by atoms with Crippen LogP contribution in [0.1, 0.15) is 12.5 Å².